The van der Waals surface area contributed by atoms with Crippen LogP contribution in [0.2, 0.25) is 0 Å². The van der Waals surface area contributed by atoms with E-state index in [2.05, 4.69) is 41.4 Å². The Morgan fingerprint density at radius 3 is 2.40 bits per heavy atom. The molecule has 0 radical (unpaired) electrons. The lowest BCUT2D eigenvalue weighted by molar-refractivity contribution is -0.128. The molecule has 162 valence electrons. The Labute approximate surface area is 180 Å². The van der Waals surface area contributed by atoms with E-state index in [-0.39, 0.29) is 11.9 Å². The van der Waals surface area contributed by atoms with Crippen LogP contribution in [0.15, 0.2) is 48.5 Å². The molecule has 1 heterocycles. The molecule has 1 aliphatic rings. The van der Waals surface area contributed by atoms with E-state index in [4.69, 9.17) is 9.47 Å². The summed E-state index contributed by atoms with van der Waals surface area (Å²) in [6.45, 7) is 8.52. The number of ether oxygens (including phenoxy) is 2. The molecule has 2 aromatic rings. The smallest absolute Gasteiger partial charge is 0.261 e. The molecule has 2 aromatic carbocycles. The molecule has 0 bridgehead atoms. The lowest BCUT2D eigenvalue weighted by atomic mass is 9.99. The van der Waals surface area contributed by atoms with Gasteiger partial charge in [0.25, 0.3) is 5.91 Å². The van der Waals surface area contributed by atoms with Crippen LogP contribution in [0.3, 0.4) is 0 Å². The maximum Gasteiger partial charge on any atom is 0.261 e. The maximum atomic E-state index is 12.8. The van der Waals surface area contributed by atoms with Gasteiger partial charge in [0, 0.05) is 18.8 Å². The van der Waals surface area contributed by atoms with Crippen molar-refractivity contribution in [3.05, 3.63) is 54.1 Å². The van der Waals surface area contributed by atoms with Crippen molar-refractivity contribution in [3.63, 3.8) is 0 Å². The third-order valence-corrected chi connectivity index (χ3v) is 5.78. The molecule has 1 fully saturated rings. The molecule has 1 saturated heterocycles. The van der Waals surface area contributed by atoms with Crippen LogP contribution in [0.5, 0.6) is 11.5 Å². The summed E-state index contributed by atoms with van der Waals surface area (Å²) in [5, 5.41) is 3.09. The van der Waals surface area contributed by atoms with Crippen LogP contribution in [0.4, 0.5) is 5.69 Å². The number of piperidine rings is 1. The first kappa shape index (κ1) is 22.0. The van der Waals surface area contributed by atoms with Crippen molar-refractivity contribution in [3.8, 4) is 11.5 Å². The van der Waals surface area contributed by atoms with Crippen LogP contribution in [0.1, 0.15) is 51.6 Å². The molecule has 1 aliphatic heterocycles. The third-order valence-electron chi connectivity index (χ3n) is 5.78. The number of carbonyl (C=O) groups excluding carboxylic acids is 1. The van der Waals surface area contributed by atoms with Crippen molar-refractivity contribution < 1.29 is 14.3 Å². The van der Waals surface area contributed by atoms with Crippen LogP contribution < -0.4 is 19.7 Å². The Balaban J connectivity index is 1.57. The van der Waals surface area contributed by atoms with Crippen LogP contribution in [-0.2, 0) is 4.79 Å². The van der Waals surface area contributed by atoms with Gasteiger partial charge in [0.1, 0.15) is 11.5 Å². The van der Waals surface area contributed by atoms with Crippen LogP contribution in [-0.4, -0.2) is 32.2 Å². The van der Waals surface area contributed by atoms with Crippen LogP contribution in [0.25, 0.3) is 0 Å². The molecule has 0 aliphatic carbocycles. The molecular weight excluding hydrogens is 376 g/mol. The minimum Gasteiger partial charge on any atom is -0.497 e. The number of nitrogens with zero attached hydrogens (tertiary/aromatic N) is 1. The SMILES string of the molecule is CC[C@H](Oc1ccc(OC)cc1)C(=O)N[C@H](C)c1ccc(N2CCC[C@H](C)C2)cc1. The van der Waals surface area contributed by atoms with E-state index in [9.17, 15) is 4.79 Å². The monoisotopic (exact) mass is 410 g/mol. The average Bonchev–Trinajstić information content (AvgIpc) is 2.77. The summed E-state index contributed by atoms with van der Waals surface area (Å²) in [6, 6.07) is 15.8. The first-order valence-electron chi connectivity index (χ1n) is 11.0. The topological polar surface area (TPSA) is 50.8 Å². The van der Waals surface area contributed by atoms with Gasteiger partial charge >= 0.3 is 0 Å². The number of carbonyl (C=O) groups is 1. The highest BCUT2D eigenvalue weighted by Crippen LogP contribution is 2.25. The molecule has 30 heavy (non-hydrogen) atoms. The van der Waals surface area contributed by atoms with Crippen LogP contribution >= 0.6 is 0 Å². The first-order valence-corrected chi connectivity index (χ1v) is 11.0. The summed E-state index contributed by atoms with van der Waals surface area (Å²) in [5.74, 6) is 2.06. The molecule has 5 heteroatoms. The van der Waals surface area contributed by atoms with Crippen molar-refractivity contribution in [1.29, 1.82) is 0 Å². The van der Waals surface area contributed by atoms with Gasteiger partial charge in [0.05, 0.1) is 13.2 Å². The number of methoxy groups -OCH3 is 1. The minimum atomic E-state index is -0.532. The second-order valence-electron chi connectivity index (χ2n) is 8.21. The van der Waals surface area contributed by atoms with Gasteiger partial charge in [-0.2, -0.15) is 0 Å². The molecule has 0 unspecified atom stereocenters. The molecule has 0 spiro atoms. The fourth-order valence-corrected chi connectivity index (χ4v) is 3.93. The molecule has 5 nitrogen and oxygen atoms in total. The number of nitrogens with one attached hydrogen (secondary N) is 1. The van der Waals surface area contributed by atoms with E-state index in [1.807, 2.05) is 38.1 Å². The zero-order valence-electron chi connectivity index (χ0n) is 18.6. The van der Waals surface area contributed by atoms with Crippen molar-refractivity contribution in [2.45, 2.75) is 52.2 Å². The highest BCUT2D eigenvalue weighted by molar-refractivity contribution is 5.81. The largest absolute Gasteiger partial charge is 0.497 e. The van der Waals surface area contributed by atoms with Gasteiger partial charge in [-0.1, -0.05) is 26.0 Å². The Bertz CT molecular complexity index is 804. The average molecular weight is 411 g/mol. The van der Waals surface area contributed by atoms with E-state index in [0.29, 0.717) is 12.2 Å². The van der Waals surface area contributed by atoms with Gasteiger partial charge in [0.15, 0.2) is 6.10 Å². The number of hydrogen-bond acceptors (Lipinski definition) is 4. The lowest BCUT2D eigenvalue weighted by Gasteiger charge is -2.33. The second-order valence-corrected chi connectivity index (χ2v) is 8.21. The summed E-state index contributed by atoms with van der Waals surface area (Å²) in [5.41, 5.74) is 2.36. The van der Waals surface area contributed by atoms with Gasteiger partial charge in [0.2, 0.25) is 0 Å². The fourth-order valence-electron chi connectivity index (χ4n) is 3.93. The highest BCUT2D eigenvalue weighted by atomic mass is 16.5. The van der Waals surface area contributed by atoms with Gasteiger partial charge in [-0.05, 0) is 74.1 Å². The van der Waals surface area contributed by atoms with Crippen molar-refractivity contribution in [2.75, 3.05) is 25.1 Å². The summed E-state index contributed by atoms with van der Waals surface area (Å²) in [6.07, 6.45) is 2.63. The Morgan fingerprint density at radius 2 is 1.80 bits per heavy atom. The predicted molar refractivity (Wildman–Crippen MR) is 121 cm³/mol. The maximum absolute atomic E-state index is 12.8. The number of amides is 1. The lowest BCUT2D eigenvalue weighted by Crippen LogP contribution is -2.39. The third kappa shape index (κ3) is 5.68. The molecule has 3 atom stereocenters. The van der Waals surface area contributed by atoms with E-state index in [0.717, 1.165) is 30.3 Å². The van der Waals surface area contributed by atoms with E-state index < -0.39 is 6.10 Å². The summed E-state index contributed by atoms with van der Waals surface area (Å²) >= 11 is 0. The van der Waals surface area contributed by atoms with Gasteiger partial charge in [-0.15, -0.1) is 0 Å². The number of anilines is 1. The fraction of sp³-hybridized carbons (Fsp3) is 0.480. The van der Waals surface area contributed by atoms with Crippen molar-refractivity contribution in [1.82, 2.24) is 5.32 Å². The summed E-state index contributed by atoms with van der Waals surface area (Å²) in [7, 11) is 1.62. The van der Waals surface area contributed by atoms with E-state index >= 15 is 0 Å². The zero-order valence-corrected chi connectivity index (χ0v) is 18.6. The van der Waals surface area contributed by atoms with E-state index in [1.54, 1.807) is 7.11 Å². The Kier molecular flexibility index (Phi) is 7.61. The first-order chi connectivity index (χ1) is 14.5. The van der Waals surface area contributed by atoms with Crippen LogP contribution in [0, 0.1) is 5.92 Å². The normalized spacial score (nSPS) is 18.4. The van der Waals surface area contributed by atoms with Gasteiger partial charge in [-0.25, -0.2) is 0 Å². The van der Waals surface area contributed by atoms with E-state index in [1.165, 1.54) is 18.5 Å². The molecule has 1 N–H and O–H groups in total. The number of rotatable bonds is 8. The summed E-state index contributed by atoms with van der Waals surface area (Å²) < 4.78 is 11.1. The quantitative estimate of drug-likeness (QED) is 0.668. The molecule has 1 amide bonds. The molecule has 3 rings (SSSR count). The number of benzene rings is 2. The number of hydrogen-bond donors (Lipinski definition) is 1. The predicted octanol–water partition coefficient (Wildman–Crippen LogP) is 4.97. The highest BCUT2D eigenvalue weighted by Gasteiger charge is 2.21. The molecule has 0 saturated carbocycles. The Hall–Kier alpha value is -2.69. The van der Waals surface area contributed by atoms with Gasteiger partial charge < -0.3 is 19.7 Å². The van der Waals surface area contributed by atoms with Gasteiger partial charge in [-0.3, -0.25) is 4.79 Å². The molecule has 0 aromatic heterocycles. The second kappa shape index (κ2) is 10.4. The summed E-state index contributed by atoms with van der Waals surface area (Å²) in [4.78, 5) is 15.2. The minimum absolute atomic E-state index is 0.0830. The standard InChI is InChI=1S/C25H34N2O3/c1-5-24(30-23-14-12-22(29-4)13-15-23)25(28)26-19(3)20-8-10-21(11-9-20)27-16-6-7-18(2)17-27/h8-15,18-19,24H,5-7,16-17H2,1-4H3,(H,26,28)/t18-,19+,24-/m0/s1. The van der Waals surface area contributed by atoms with Crippen molar-refractivity contribution >= 4 is 11.6 Å². The molecular formula is C25H34N2O3. The zero-order chi connectivity index (χ0) is 21.5. The Morgan fingerprint density at radius 1 is 1.13 bits per heavy atom. The van der Waals surface area contributed by atoms with Crippen molar-refractivity contribution in [2.24, 2.45) is 5.92 Å².